The van der Waals surface area contributed by atoms with Gasteiger partial charge in [-0.05, 0) is 6.92 Å². The molecule has 55 valence electrons. The molecule has 0 saturated carbocycles. The molecule has 0 rings (SSSR count). The average Bonchev–Trinajstić information content (AvgIpc) is 1.91. The van der Waals surface area contributed by atoms with E-state index >= 15 is 0 Å². The SMILES string of the molecule is [CH2]COCC(CO)CO. The van der Waals surface area contributed by atoms with Crippen LogP contribution in [0.2, 0.25) is 0 Å². The highest BCUT2D eigenvalue weighted by atomic mass is 16.5. The van der Waals surface area contributed by atoms with Gasteiger partial charge >= 0.3 is 0 Å². The number of rotatable bonds is 5. The Hall–Kier alpha value is -0.120. The van der Waals surface area contributed by atoms with Gasteiger partial charge in [0.1, 0.15) is 0 Å². The van der Waals surface area contributed by atoms with Gasteiger partial charge in [0.15, 0.2) is 0 Å². The Kier molecular flexibility index (Phi) is 5.93. The Bertz CT molecular complexity index is 52.3. The summed E-state index contributed by atoms with van der Waals surface area (Å²) >= 11 is 0. The lowest BCUT2D eigenvalue weighted by molar-refractivity contribution is 0.0565. The quantitative estimate of drug-likeness (QED) is 0.528. The third kappa shape index (κ3) is 4.39. The maximum absolute atomic E-state index is 8.49. The molecule has 0 spiro atoms. The van der Waals surface area contributed by atoms with Gasteiger partial charge in [-0.15, -0.1) is 0 Å². The summed E-state index contributed by atoms with van der Waals surface area (Å²) in [7, 11) is 0. The Morgan fingerprint density at radius 1 is 1.33 bits per heavy atom. The van der Waals surface area contributed by atoms with E-state index in [-0.39, 0.29) is 19.1 Å². The van der Waals surface area contributed by atoms with E-state index in [0.717, 1.165) is 0 Å². The molecule has 1 radical (unpaired) electrons. The average molecular weight is 133 g/mol. The summed E-state index contributed by atoms with van der Waals surface area (Å²) in [5.74, 6) is -0.147. The molecule has 0 aliphatic heterocycles. The molecule has 2 N–H and O–H groups in total. The monoisotopic (exact) mass is 133 g/mol. The molecule has 0 aliphatic carbocycles. The van der Waals surface area contributed by atoms with Crippen LogP contribution in [0.25, 0.3) is 0 Å². The molecule has 9 heavy (non-hydrogen) atoms. The lowest BCUT2D eigenvalue weighted by Crippen LogP contribution is -2.17. The van der Waals surface area contributed by atoms with Crippen molar-refractivity contribution in [2.75, 3.05) is 26.4 Å². The van der Waals surface area contributed by atoms with Crippen LogP contribution in [0, 0.1) is 12.8 Å². The fourth-order valence-electron chi connectivity index (χ4n) is 0.413. The molecule has 0 amide bonds. The zero-order valence-electron chi connectivity index (χ0n) is 5.42. The van der Waals surface area contributed by atoms with E-state index in [4.69, 9.17) is 14.9 Å². The largest absolute Gasteiger partial charge is 0.396 e. The first-order chi connectivity index (χ1) is 4.35. The van der Waals surface area contributed by atoms with Crippen LogP contribution in [-0.2, 0) is 4.74 Å². The minimum atomic E-state index is -0.147. The van der Waals surface area contributed by atoms with E-state index < -0.39 is 0 Å². The van der Waals surface area contributed by atoms with Crippen LogP contribution in [0.5, 0.6) is 0 Å². The predicted molar refractivity (Wildman–Crippen MR) is 33.8 cm³/mol. The second kappa shape index (κ2) is 6.01. The number of aliphatic hydroxyl groups excluding tert-OH is 2. The Balaban J connectivity index is 3.09. The summed E-state index contributed by atoms with van der Waals surface area (Å²) in [5.41, 5.74) is 0. The van der Waals surface area contributed by atoms with Crippen LogP contribution in [0.3, 0.4) is 0 Å². The Morgan fingerprint density at radius 3 is 2.22 bits per heavy atom. The summed E-state index contributed by atoms with van der Waals surface area (Å²) < 4.78 is 4.85. The summed E-state index contributed by atoms with van der Waals surface area (Å²) in [4.78, 5) is 0. The van der Waals surface area contributed by atoms with Crippen molar-refractivity contribution in [3.63, 3.8) is 0 Å². The number of aliphatic hydroxyl groups is 2. The highest BCUT2D eigenvalue weighted by Gasteiger charge is 2.03. The smallest absolute Gasteiger partial charge is 0.0538 e. The Labute approximate surface area is 55.3 Å². The lowest BCUT2D eigenvalue weighted by atomic mass is 10.2. The first kappa shape index (κ1) is 8.88. The maximum Gasteiger partial charge on any atom is 0.0538 e. The Morgan fingerprint density at radius 2 is 1.89 bits per heavy atom. The molecule has 0 saturated heterocycles. The van der Waals surface area contributed by atoms with Gasteiger partial charge in [0.25, 0.3) is 0 Å². The van der Waals surface area contributed by atoms with Gasteiger partial charge in [0.2, 0.25) is 0 Å². The molecule has 0 aromatic rings. The van der Waals surface area contributed by atoms with Crippen LogP contribution >= 0.6 is 0 Å². The van der Waals surface area contributed by atoms with E-state index in [1.807, 2.05) is 0 Å². The predicted octanol–water partition coefficient (Wildman–Crippen LogP) is -0.562. The molecule has 0 heterocycles. The third-order valence-electron chi connectivity index (χ3n) is 1.01. The van der Waals surface area contributed by atoms with Crippen molar-refractivity contribution in [2.24, 2.45) is 5.92 Å². The van der Waals surface area contributed by atoms with Gasteiger partial charge in [-0.25, -0.2) is 0 Å². The fraction of sp³-hybridized carbons (Fsp3) is 0.833. The van der Waals surface area contributed by atoms with Gasteiger partial charge in [-0.1, -0.05) is 0 Å². The van der Waals surface area contributed by atoms with Gasteiger partial charge in [-0.2, -0.15) is 0 Å². The molecule has 0 bridgehead atoms. The van der Waals surface area contributed by atoms with Gasteiger partial charge in [0, 0.05) is 12.5 Å². The summed E-state index contributed by atoms with van der Waals surface area (Å²) in [6, 6.07) is 0. The standard InChI is InChI=1S/C6H13O3/c1-2-9-5-6(3-7)4-8/h6-8H,1-5H2. The maximum atomic E-state index is 8.49. The molecule has 3 heteroatoms. The van der Waals surface area contributed by atoms with Crippen molar-refractivity contribution >= 4 is 0 Å². The highest BCUT2D eigenvalue weighted by molar-refractivity contribution is 4.52. The molecule has 0 aromatic heterocycles. The second-order valence-electron chi connectivity index (χ2n) is 1.81. The molecule has 0 aliphatic rings. The molecule has 3 nitrogen and oxygen atoms in total. The summed E-state index contributed by atoms with van der Waals surface area (Å²) in [5, 5.41) is 17.0. The van der Waals surface area contributed by atoms with Crippen molar-refractivity contribution in [2.45, 2.75) is 0 Å². The van der Waals surface area contributed by atoms with Gasteiger partial charge in [-0.3, -0.25) is 0 Å². The van der Waals surface area contributed by atoms with Crippen molar-refractivity contribution < 1.29 is 14.9 Å². The first-order valence-electron chi connectivity index (χ1n) is 2.93. The molecular weight excluding hydrogens is 120 g/mol. The number of hydrogen-bond donors (Lipinski definition) is 2. The van der Waals surface area contributed by atoms with Crippen LogP contribution < -0.4 is 0 Å². The summed E-state index contributed by atoms with van der Waals surface area (Å²) in [6.45, 7) is 4.15. The molecule has 0 unspecified atom stereocenters. The molecule has 0 fully saturated rings. The second-order valence-corrected chi connectivity index (χ2v) is 1.81. The van der Waals surface area contributed by atoms with Crippen molar-refractivity contribution in [3.8, 4) is 0 Å². The topological polar surface area (TPSA) is 49.7 Å². The zero-order valence-corrected chi connectivity index (χ0v) is 5.42. The number of hydrogen-bond acceptors (Lipinski definition) is 3. The van der Waals surface area contributed by atoms with E-state index in [1.165, 1.54) is 0 Å². The number of ether oxygens (including phenoxy) is 1. The van der Waals surface area contributed by atoms with Crippen molar-refractivity contribution in [1.29, 1.82) is 0 Å². The minimum absolute atomic E-state index is 0.0312. The van der Waals surface area contributed by atoms with Gasteiger partial charge in [0.05, 0.1) is 19.8 Å². The van der Waals surface area contributed by atoms with Crippen LogP contribution in [0.1, 0.15) is 0 Å². The lowest BCUT2D eigenvalue weighted by Gasteiger charge is -2.08. The first-order valence-corrected chi connectivity index (χ1v) is 2.93. The molecule has 0 aromatic carbocycles. The van der Waals surface area contributed by atoms with E-state index in [2.05, 4.69) is 6.92 Å². The highest BCUT2D eigenvalue weighted by Crippen LogP contribution is 1.92. The molecular formula is C6H13O3. The normalized spacial score (nSPS) is 10.7. The van der Waals surface area contributed by atoms with E-state index in [1.54, 1.807) is 0 Å². The van der Waals surface area contributed by atoms with E-state index in [0.29, 0.717) is 13.2 Å². The van der Waals surface area contributed by atoms with Gasteiger partial charge < -0.3 is 14.9 Å². The van der Waals surface area contributed by atoms with E-state index in [9.17, 15) is 0 Å². The van der Waals surface area contributed by atoms with Crippen LogP contribution in [-0.4, -0.2) is 36.6 Å². The van der Waals surface area contributed by atoms with Crippen LogP contribution in [0.15, 0.2) is 0 Å². The zero-order chi connectivity index (χ0) is 7.11. The van der Waals surface area contributed by atoms with Crippen molar-refractivity contribution in [3.05, 3.63) is 6.92 Å². The third-order valence-corrected chi connectivity index (χ3v) is 1.01. The van der Waals surface area contributed by atoms with Crippen LogP contribution in [0.4, 0.5) is 0 Å². The minimum Gasteiger partial charge on any atom is -0.396 e. The molecule has 0 atom stereocenters. The summed E-state index contributed by atoms with van der Waals surface area (Å²) in [6.07, 6.45) is 0. The van der Waals surface area contributed by atoms with Crippen molar-refractivity contribution in [1.82, 2.24) is 0 Å². The fourth-order valence-corrected chi connectivity index (χ4v) is 0.413.